The van der Waals surface area contributed by atoms with Gasteiger partial charge in [-0.25, -0.2) is 13.6 Å². The summed E-state index contributed by atoms with van der Waals surface area (Å²) < 4.78 is 25.6. The van der Waals surface area contributed by atoms with E-state index >= 15 is 0 Å². The Balaban J connectivity index is 1.32. The number of nitrogens with zero attached hydrogens (tertiary/aromatic N) is 1. The Labute approximate surface area is 225 Å². The second-order valence-corrected chi connectivity index (χ2v) is 14.4. The van der Waals surface area contributed by atoms with Crippen molar-refractivity contribution in [3.05, 3.63) is 73.1 Å². The van der Waals surface area contributed by atoms with E-state index in [1.54, 1.807) is 16.3 Å². The van der Waals surface area contributed by atoms with E-state index in [9.17, 15) is 18.0 Å². The van der Waals surface area contributed by atoms with E-state index in [2.05, 4.69) is 39.4 Å². The summed E-state index contributed by atoms with van der Waals surface area (Å²) in [4.78, 5) is 27.0. The molecule has 1 aromatic heterocycles. The van der Waals surface area contributed by atoms with Gasteiger partial charge in [0.1, 0.15) is 6.54 Å². The van der Waals surface area contributed by atoms with Crippen LogP contribution in [0.4, 0.5) is 5.69 Å². The predicted molar refractivity (Wildman–Crippen MR) is 145 cm³/mol. The Bertz CT molecular complexity index is 1520. The van der Waals surface area contributed by atoms with Crippen LogP contribution >= 0.6 is 39.0 Å². The minimum atomic E-state index is -3.81. The van der Waals surface area contributed by atoms with Crippen LogP contribution in [0.3, 0.4) is 0 Å². The highest BCUT2D eigenvalue weighted by atomic mass is 79.9. The van der Waals surface area contributed by atoms with Crippen molar-refractivity contribution in [2.75, 3.05) is 5.32 Å². The van der Waals surface area contributed by atoms with Crippen LogP contribution in [-0.2, 0) is 21.4 Å². The molecule has 0 unspecified atom stereocenters. The number of nitrogens with two attached hydrogens (primary N) is 1. The van der Waals surface area contributed by atoms with Gasteiger partial charge in [0, 0.05) is 26.2 Å². The van der Waals surface area contributed by atoms with Crippen LogP contribution in [0.5, 0.6) is 0 Å². The summed E-state index contributed by atoms with van der Waals surface area (Å²) in [6, 6.07) is 14.1. The Kier molecular flexibility index (Phi) is 6.19. The summed E-state index contributed by atoms with van der Waals surface area (Å²) >= 11 is 6.68. The first-order valence-electron chi connectivity index (χ1n) is 11.8. The third-order valence-electron chi connectivity index (χ3n) is 7.67. The van der Waals surface area contributed by atoms with E-state index < -0.39 is 10.0 Å². The zero-order chi connectivity index (χ0) is 25.2. The molecular weight excluding hydrogens is 582 g/mol. The first kappa shape index (κ1) is 24.4. The third-order valence-corrected chi connectivity index (χ3v) is 11.9. The van der Waals surface area contributed by atoms with Crippen molar-refractivity contribution in [1.29, 1.82) is 0 Å². The standard InChI is InChI=1S/C25H24BrN3O4S3/c26-16-3-1-2-13(11-16)21-20-14-4-5-15(10-14)22(20)34-24-23(21)35-25(31)29(24)12-19(30)28-17-6-8-18(9-7-17)36(27,32)33/h1-3,6-9,11,14-15,20-22H,4-5,10,12H2,(H,28,30)(H2,27,32,33)/t14-,15-,20-,21-,22+/m0/s1. The Morgan fingerprint density at radius 3 is 2.61 bits per heavy atom. The van der Waals surface area contributed by atoms with Crippen LogP contribution in [0, 0.1) is 17.8 Å². The van der Waals surface area contributed by atoms with Crippen LogP contribution in [0.25, 0.3) is 0 Å². The van der Waals surface area contributed by atoms with Crippen molar-refractivity contribution >= 4 is 60.6 Å². The van der Waals surface area contributed by atoms with E-state index in [0.29, 0.717) is 28.7 Å². The lowest BCUT2D eigenvalue weighted by Gasteiger charge is -2.40. The summed E-state index contributed by atoms with van der Waals surface area (Å²) in [6.45, 7) is -0.0920. The number of carbonyl (C=O) groups is 1. The number of halogens is 1. The van der Waals surface area contributed by atoms with Gasteiger partial charge in [0.2, 0.25) is 15.9 Å². The second-order valence-electron chi connectivity index (χ2n) is 9.77. The maximum absolute atomic E-state index is 13.2. The maximum atomic E-state index is 13.2. The summed E-state index contributed by atoms with van der Waals surface area (Å²) in [7, 11) is -3.81. The topological polar surface area (TPSA) is 111 Å². The van der Waals surface area contributed by atoms with Gasteiger partial charge >= 0.3 is 4.87 Å². The lowest BCUT2D eigenvalue weighted by molar-refractivity contribution is -0.116. The number of nitrogens with one attached hydrogen (secondary N) is 1. The number of thioether (sulfide) groups is 1. The first-order chi connectivity index (χ1) is 17.2. The van der Waals surface area contributed by atoms with Gasteiger partial charge < -0.3 is 5.32 Å². The lowest BCUT2D eigenvalue weighted by Crippen LogP contribution is -2.34. The molecule has 7 nitrogen and oxygen atoms in total. The van der Waals surface area contributed by atoms with Crippen molar-refractivity contribution in [2.45, 2.75) is 46.9 Å². The van der Waals surface area contributed by atoms with E-state index in [-0.39, 0.29) is 28.1 Å². The van der Waals surface area contributed by atoms with Crippen molar-refractivity contribution in [1.82, 2.24) is 4.57 Å². The fourth-order valence-electron chi connectivity index (χ4n) is 6.23. The first-order valence-corrected chi connectivity index (χ1v) is 15.8. The zero-order valence-electron chi connectivity index (χ0n) is 19.1. The molecule has 0 spiro atoms. The van der Waals surface area contributed by atoms with Gasteiger partial charge in [0.15, 0.2) is 0 Å². The molecule has 2 saturated carbocycles. The third kappa shape index (κ3) is 4.28. The number of carbonyl (C=O) groups excluding carboxylic acids is 1. The highest BCUT2D eigenvalue weighted by Gasteiger charge is 2.55. The van der Waals surface area contributed by atoms with Gasteiger partial charge in [0.05, 0.1) is 9.92 Å². The normalized spacial score (nSPS) is 26.4. The number of thiazole rings is 1. The van der Waals surface area contributed by atoms with Gasteiger partial charge in [-0.3, -0.25) is 14.2 Å². The van der Waals surface area contributed by atoms with E-state index in [1.807, 2.05) is 6.07 Å². The summed E-state index contributed by atoms with van der Waals surface area (Å²) in [5.41, 5.74) is 1.67. The van der Waals surface area contributed by atoms with Gasteiger partial charge in [-0.05, 0) is 79.0 Å². The smallest absolute Gasteiger partial charge is 0.308 e. The number of fused-ring (bicyclic) bond motifs is 6. The molecule has 11 heteroatoms. The predicted octanol–water partition coefficient (Wildman–Crippen LogP) is 4.61. The number of benzene rings is 2. The van der Waals surface area contributed by atoms with Gasteiger partial charge in [0.25, 0.3) is 0 Å². The van der Waals surface area contributed by atoms with Gasteiger partial charge in [-0.1, -0.05) is 39.4 Å². The number of rotatable bonds is 5. The highest BCUT2D eigenvalue weighted by Crippen LogP contribution is 2.64. The summed E-state index contributed by atoms with van der Waals surface area (Å²) in [5.74, 6) is 1.66. The molecule has 188 valence electrons. The number of anilines is 1. The lowest BCUT2D eigenvalue weighted by atomic mass is 9.75. The molecule has 0 radical (unpaired) electrons. The van der Waals surface area contributed by atoms with Crippen molar-refractivity contribution < 1.29 is 13.2 Å². The molecule has 3 aliphatic rings. The molecule has 2 aliphatic carbocycles. The summed E-state index contributed by atoms with van der Waals surface area (Å²) in [6.07, 6.45) is 3.75. The number of hydrogen-bond acceptors (Lipinski definition) is 6. The Morgan fingerprint density at radius 2 is 1.89 bits per heavy atom. The number of sulfonamides is 1. The van der Waals surface area contributed by atoms with Crippen molar-refractivity contribution in [3.8, 4) is 0 Å². The van der Waals surface area contributed by atoms with Gasteiger partial charge in [-0.15, -0.1) is 11.8 Å². The molecule has 1 aliphatic heterocycles. The highest BCUT2D eigenvalue weighted by molar-refractivity contribution is 9.10. The van der Waals surface area contributed by atoms with E-state index in [4.69, 9.17) is 5.14 Å². The molecule has 0 saturated heterocycles. The van der Waals surface area contributed by atoms with Crippen LogP contribution in [0.15, 0.2) is 67.7 Å². The minimum absolute atomic E-state index is 0.0287. The molecule has 2 fully saturated rings. The zero-order valence-corrected chi connectivity index (χ0v) is 23.1. The molecule has 3 N–H and O–H groups in total. The number of amides is 1. The van der Waals surface area contributed by atoms with Crippen LogP contribution in [-0.4, -0.2) is 24.1 Å². The van der Waals surface area contributed by atoms with Crippen LogP contribution < -0.4 is 15.3 Å². The molecular formula is C25H24BrN3O4S3. The molecule has 2 aromatic carbocycles. The Morgan fingerprint density at radius 1 is 1.14 bits per heavy atom. The minimum Gasteiger partial charge on any atom is -0.325 e. The van der Waals surface area contributed by atoms with E-state index in [1.165, 1.54) is 60.4 Å². The fourth-order valence-corrected chi connectivity index (χ4v) is 10.3. The van der Waals surface area contributed by atoms with Gasteiger partial charge in [-0.2, -0.15) is 0 Å². The Hall–Kier alpha value is -1.92. The summed E-state index contributed by atoms with van der Waals surface area (Å²) in [5, 5.41) is 9.29. The molecule has 3 aromatic rings. The van der Waals surface area contributed by atoms with E-state index in [0.717, 1.165) is 14.4 Å². The second kappa shape index (κ2) is 9.13. The quantitative estimate of drug-likeness (QED) is 0.441. The SMILES string of the molecule is NS(=O)(=O)c1ccc(NC(=O)Cn2c3c(sc2=O)[C@@H](c2cccc(Br)c2)[C@@H]2[C@H]4CC[C@@H](C4)[C@H]2S3)cc1. The number of aromatic nitrogens is 1. The van der Waals surface area contributed by atoms with Crippen LogP contribution in [0.2, 0.25) is 0 Å². The molecule has 5 atom stereocenters. The van der Waals surface area contributed by atoms with Crippen LogP contribution in [0.1, 0.15) is 35.6 Å². The molecule has 2 heterocycles. The van der Waals surface area contributed by atoms with Crippen molar-refractivity contribution in [3.63, 3.8) is 0 Å². The molecule has 1 amide bonds. The fraction of sp³-hybridized carbons (Fsp3) is 0.360. The molecule has 6 rings (SSSR count). The largest absolute Gasteiger partial charge is 0.325 e. The number of hydrogen-bond donors (Lipinski definition) is 2. The average Bonchev–Trinajstić information content (AvgIpc) is 3.52. The maximum Gasteiger partial charge on any atom is 0.308 e. The monoisotopic (exact) mass is 605 g/mol. The molecule has 2 bridgehead atoms. The average molecular weight is 607 g/mol. The molecule has 36 heavy (non-hydrogen) atoms. The van der Waals surface area contributed by atoms with Crippen molar-refractivity contribution in [2.24, 2.45) is 22.9 Å². The number of primary sulfonamides is 1.